The molecule has 0 spiro atoms. The second-order valence-electron chi connectivity index (χ2n) is 7.15. The van der Waals surface area contributed by atoms with Crippen molar-refractivity contribution in [3.8, 4) is 11.5 Å². The van der Waals surface area contributed by atoms with E-state index in [0.717, 1.165) is 30.6 Å². The topological polar surface area (TPSA) is 67.9 Å². The summed E-state index contributed by atoms with van der Waals surface area (Å²) in [5.41, 5.74) is 0.761. The van der Waals surface area contributed by atoms with Crippen LogP contribution in [-0.2, 0) is 16.1 Å². The van der Waals surface area contributed by atoms with Gasteiger partial charge in [0.1, 0.15) is 0 Å². The number of nitrogens with one attached hydrogen (secondary N) is 1. The van der Waals surface area contributed by atoms with Crippen molar-refractivity contribution in [3.63, 3.8) is 0 Å². The molecule has 0 saturated carbocycles. The van der Waals surface area contributed by atoms with E-state index in [9.17, 15) is 9.59 Å². The van der Waals surface area contributed by atoms with Gasteiger partial charge in [0, 0.05) is 37.0 Å². The summed E-state index contributed by atoms with van der Waals surface area (Å²) in [6, 6.07) is 5.78. The lowest BCUT2D eigenvalue weighted by atomic mass is 9.88. The van der Waals surface area contributed by atoms with Crippen LogP contribution >= 0.6 is 0 Å². The first-order valence-corrected chi connectivity index (χ1v) is 9.44. The fraction of sp³-hybridized carbons (Fsp3) is 0.600. The Morgan fingerprint density at radius 1 is 1.42 bits per heavy atom. The summed E-state index contributed by atoms with van der Waals surface area (Å²) in [5, 5.41) is 3.08. The van der Waals surface area contributed by atoms with Gasteiger partial charge in [0.15, 0.2) is 11.5 Å². The van der Waals surface area contributed by atoms with Crippen LogP contribution in [0.5, 0.6) is 11.5 Å². The van der Waals surface area contributed by atoms with E-state index in [0.29, 0.717) is 44.7 Å². The summed E-state index contributed by atoms with van der Waals surface area (Å²) in [7, 11) is 1.63. The van der Waals surface area contributed by atoms with Crippen molar-refractivity contribution in [2.75, 3.05) is 20.3 Å². The quantitative estimate of drug-likeness (QED) is 0.877. The molecule has 26 heavy (non-hydrogen) atoms. The van der Waals surface area contributed by atoms with Gasteiger partial charge >= 0.3 is 0 Å². The van der Waals surface area contributed by atoms with Crippen molar-refractivity contribution in [3.05, 3.63) is 23.8 Å². The van der Waals surface area contributed by atoms with Crippen molar-refractivity contribution >= 4 is 11.8 Å². The Hall–Kier alpha value is -2.24. The lowest BCUT2D eigenvalue weighted by Crippen LogP contribution is -2.42. The number of hydrogen-bond acceptors (Lipinski definition) is 4. The number of para-hydroxylation sites is 1. The number of carbonyl (C=O) groups excluding carboxylic acids is 2. The number of ether oxygens (including phenoxy) is 2. The zero-order valence-corrected chi connectivity index (χ0v) is 15.7. The summed E-state index contributed by atoms with van der Waals surface area (Å²) in [4.78, 5) is 26.4. The number of methoxy groups -OCH3 is 1. The average Bonchev–Trinajstić information content (AvgIpc) is 3.01. The van der Waals surface area contributed by atoms with Crippen LogP contribution in [0, 0.1) is 0 Å². The van der Waals surface area contributed by atoms with Gasteiger partial charge in [0.25, 0.3) is 0 Å². The number of nitrogens with zero attached hydrogens (tertiary/aromatic N) is 1. The van der Waals surface area contributed by atoms with E-state index in [1.165, 1.54) is 0 Å². The van der Waals surface area contributed by atoms with Gasteiger partial charge in [0.05, 0.1) is 13.7 Å². The molecule has 3 rings (SSSR count). The molecule has 0 unspecified atom stereocenters. The van der Waals surface area contributed by atoms with Crippen molar-refractivity contribution in [2.45, 2.75) is 57.5 Å². The number of carbonyl (C=O) groups is 2. The van der Waals surface area contributed by atoms with E-state index in [1.807, 2.05) is 23.1 Å². The van der Waals surface area contributed by atoms with Gasteiger partial charge in [-0.05, 0) is 31.7 Å². The summed E-state index contributed by atoms with van der Waals surface area (Å²) in [6.07, 6.45) is 4.19. The lowest BCUT2D eigenvalue weighted by Gasteiger charge is -2.30. The maximum Gasteiger partial charge on any atom is 0.222 e. The van der Waals surface area contributed by atoms with Crippen LogP contribution in [0.2, 0.25) is 0 Å². The molecule has 1 aromatic carbocycles. The van der Waals surface area contributed by atoms with E-state index in [-0.39, 0.29) is 17.4 Å². The van der Waals surface area contributed by atoms with Crippen LogP contribution in [-0.4, -0.2) is 42.5 Å². The molecule has 0 aromatic heterocycles. The summed E-state index contributed by atoms with van der Waals surface area (Å²) < 4.78 is 11.2. The second-order valence-corrected chi connectivity index (χ2v) is 7.15. The smallest absolute Gasteiger partial charge is 0.222 e. The molecule has 1 N–H and O–H groups in total. The molecular weight excluding hydrogens is 332 g/mol. The Labute approximate surface area is 154 Å². The second kappa shape index (κ2) is 7.98. The van der Waals surface area contributed by atoms with E-state index in [1.54, 1.807) is 7.11 Å². The monoisotopic (exact) mass is 360 g/mol. The van der Waals surface area contributed by atoms with Gasteiger partial charge < -0.3 is 19.7 Å². The van der Waals surface area contributed by atoms with Gasteiger partial charge in [-0.3, -0.25) is 9.59 Å². The van der Waals surface area contributed by atoms with E-state index < -0.39 is 0 Å². The Kier molecular flexibility index (Phi) is 5.69. The molecule has 142 valence electrons. The Morgan fingerprint density at radius 2 is 2.27 bits per heavy atom. The molecule has 0 bridgehead atoms. The number of fused-ring (bicyclic) bond motifs is 1. The van der Waals surface area contributed by atoms with Crippen molar-refractivity contribution in [2.24, 2.45) is 0 Å². The standard InChI is InChI=1S/C20H28N2O4/c1-3-20(10-8-17(23)21-20)11-9-18(24)22-12-5-13-26-19-15(14-22)6-4-7-16(19)25-2/h4,6-7H,3,5,8-14H2,1-2H3,(H,21,23)/t20-/m1/s1. The molecule has 1 aromatic rings. The molecule has 2 amide bonds. The van der Waals surface area contributed by atoms with E-state index in [2.05, 4.69) is 12.2 Å². The fourth-order valence-electron chi connectivity index (χ4n) is 3.84. The van der Waals surface area contributed by atoms with Gasteiger partial charge in [-0.1, -0.05) is 19.1 Å². The van der Waals surface area contributed by atoms with Crippen LogP contribution in [0.15, 0.2) is 18.2 Å². The maximum absolute atomic E-state index is 12.9. The van der Waals surface area contributed by atoms with Gasteiger partial charge in [0.2, 0.25) is 11.8 Å². The molecule has 1 saturated heterocycles. The van der Waals surface area contributed by atoms with Crippen molar-refractivity contribution in [1.29, 1.82) is 0 Å². The lowest BCUT2D eigenvalue weighted by molar-refractivity contribution is -0.132. The average molecular weight is 360 g/mol. The van der Waals surface area contributed by atoms with Crippen molar-refractivity contribution < 1.29 is 19.1 Å². The van der Waals surface area contributed by atoms with Crippen LogP contribution in [0.25, 0.3) is 0 Å². The Balaban J connectivity index is 1.68. The van der Waals surface area contributed by atoms with Crippen LogP contribution in [0.1, 0.15) is 51.0 Å². The van der Waals surface area contributed by atoms with Gasteiger partial charge in [-0.2, -0.15) is 0 Å². The first-order chi connectivity index (χ1) is 12.6. The SMILES string of the molecule is CC[C@]1(CCC(=O)N2CCCOc3c(cccc3OC)C2)CCC(=O)N1. The third-order valence-corrected chi connectivity index (χ3v) is 5.54. The molecule has 0 aliphatic carbocycles. The fourth-order valence-corrected chi connectivity index (χ4v) is 3.84. The Morgan fingerprint density at radius 3 is 2.96 bits per heavy atom. The van der Waals surface area contributed by atoms with Crippen LogP contribution in [0.3, 0.4) is 0 Å². The predicted octanol–water partition coefficient (Wildman–Crippen LogP) is 2.65. The number of benzene rings is 1. The third-order valence-electron chi connectivity index (χ3n) is 5.54. The highest BCUT2D eigenvalue weighted by molar-refractivity contribution is 5.80. The predicted molar refractivity (Wildman–Crippen MR) is 98.2 cm³/mol. The number of amides is 2. The summed E-state index contributed by atoms with van der Waals surface area (Å²) in [6.45, 7) is 3.84. The molecule has 2 aliphatic rings. The molecule has 2 aliphatic heterocycles. The van der Waals surface area contributed by atoms with Crippen LogP contribution in [0.4, 0.5) is 0 Å². The molecule has 1 fully saturated rings. The molecule has 2 heterocycles. The largest absolute Gasteiger partial charge is 0.493 e. The molecule has 0 radical (unpaired) electrons. The van der Waals surface area contributed by atoms with E-state index >= 15 is 0 Å². The third kappa shape index (κ3) is 3.94. The first-order valence-electron chi connectivity index (χ1n) is 9.44. The highest BCUT2D eigenvalue weighted by Gasteiger charge is 2.36. The molecule has 6 nitrogen and oxygen atoms in total. The highest BCUT2D eigenvalue weighted by atomic mass is 16.5. The molecule has 1 atom stereocenters. The highest BCUT2D eigenvalue weighted by Crippen LogP contribution is 2.34. The maximum atomic E-state index is 12.9. The summed E-state index contributed by atoms with van der Waals surface area (Å²) >= 11 is 0. The number of hydrogen-bond donors (Lipinski definition) is 1. The zero-order valence-electron chi connectivity index (χ0n) is 15.7. The van der Waals surface area contributed by atoms with Gasteiger partial charge in [-0.15, -0.1) is 0 Å². The minimum absolute atomic E-state index is 0.101. The Bertz CT molecular complexity index is 676. The minimum atomic E-state index is -0.209. The molecular formula is C20H28N2O4. The van der Waals surface area contributed by atoms with E-state index in [4.69, 9.17) is 9.47 Å². The molecule has 6 heteroatoms. The first kappa shape index (κ1) is 18.5. The summed E-state index contributed by atoms with van der Waals surface area (Å²) in [5.74, 6) is 1.68. The van der Waals surface area contributed by atoms with Crippen LogP contribution < -0.4 is 14.8 Å². The van der Waals surface area contributed by atoms with Gasteiger partial charge in [-0.25, -0.2) is 0 Å². The minimum Gasteiger partial charge on any atom is -0.493 e. The zero-order chi connectivity index (χ0) is 18.6. The van der Waals surface area contributed by atoms with Crippen molar-refractivity contribution in [1.82, 2.24) is 10.2 Å². The normalized spacial score (nSPS) is 22.7. The number of rotatable bonds is 5.